The molecule has 1 aromatic carbocycles. The van der Waals surface area contributed by atoms with Crippen LogP contribution < -0.4 is 10.1 Å². The average molecular weight is 230 g/mol. The zero-order valence-corrected chi connectivity index (χ0v) is 10.4. The van der Waals surface area contributed by atoms with E-state index < -0.39 is 0 Å². The maximum atomic E-state index is 8.52. The van der Waals surface area contributed by atoms with Crippen LogP contribution in [0.2, 0.25) is 0 Å². The number of ether oxygens (including phenoxy) is 1. The highest BCUT2D eigenvalue weighted by molar-refractivity contribution is 5.59. The minimum atomic E-state index is 0.0805. The number of benzene rings is 1. The zero-order chi connectivity index (χ0) is 12.5. The summed E-state index contributed by atoms with van der Waals surface area (Å²) in [4.78, 5) is 0. The first kappa shape index (κ1) is 13.3. The van der Waals surface area contributed by atoms with Crippen LogP contribution in [0.3, 0.4) is 0 Å². The fourth-order valence-corrected chi connectivity index (χ4v) is 1.48. The second-order valence-corrected chi connectivity index (χ2v) is 3.76. The first-order valence-corrected chi connectivity index (χ1v) is 5.74. The van der Waals surface area contributed by atoms with E-state index in [-0.39, 0.29) is 6.61 Å². The van der Waals surface area contributed by atoms with Gasteiger partial charge in [-0.2, -0.15) is 5.26 Å². The van der Waals surface area contributed by atoms with Crippen molar-refractivity contribution in [1.29, 1.82) is 5.26 Å². The predicted octanol–water partition coefficient (Wildman–Crippen LogP) is 2.60. The van der Waals surface area contributed by atoms with Crippen LogP contribution in [0.4, 0.5) is 0 Å². The minimum absolute atomic E-state index is 0.0805. The van der Waals surface area contributed by atoms with E-state index in [1.807, 2.05) is 30.3 Å². The van der Waals surface area contributed by atoms with Crippen molar-refractivity contribution in [3.8, 4) is 11.8 Å². The number of nitriles is 1. The third-order valence-corrected chi connectivity index (χ3v) is 2.27. The maximum absolute atomic E-state index is 8.52. The maximum Gasteiger partial charge on any atom is 0.174 e. The molecule has 0 bridgehead atoms. The van der Waals surface area contributed by atoms with Gasteiger partial charge in [0.15, 0.2) is 6.61 Å². The van der Waals surface area contributed by atoms with Crippen molar-refractivity contribution in [1.82, 2.24) is 5.32 Å². The van der Waals surface area contributed by atoms with Gasteiger partial charge in [0, 0.05) is 12.1 Å². The number of hydrogen-bond donors (Lipinski definition) is 1. The van der Waals surface area contributed by atoms with Gasteiger partial charge in [0.05, 0.1) is 0 Å². The molecule has 1 N–H and O–H groups in total. The van der Waals surface area contributed by atoms with E-state index in [2.05, 4.69) is 25.2 Å². The Bertz CT molecular complexity index is 418. The molecule has 0 fully saturated rings. The lowest BCUT2D eigenvalue weighted by atomic mass is 10.1. The van der Waals surface area contributed by atoms with Gasteiger partial charge in [0.25, 0.3) is 0 Å². The second-order valence-electron chi connectivity index (χ2n) is 3.76. The first-order chi connectivity index (χ1) is 8.27. The van der Waals surface area contributed by atoms with Crippen LogP contribution in [0, 0.1) is 11.3 Å². The van der Waals surface area contributed by atoms with Crippen molar-refractivity contribution in [3.63, 3.8) is 0 Å². The Morgan fingerprint density at radius 2 is 2.24 bits per heavy atom. The molecule has 3 heteroatoms. The number of nitrogens with zero attached hydrogens (tertiary/aromatic N) is 1. The van der Waals surface area contributed by atoms with E-state index >= 15 is 0 Å². The minimum Gasteiger partial charge on any atom is -0.478 e. The van der Waals surface area contributed by atoms with E-state index in [0.29, 0.717) is 0 Å². The molecule has 3 nitrogen and oxygen atoms in total. The van der Waals surface area contributed by atoms with Gasteiger partial charge in [0.2, 0.25) is 0 Å². The molecule has 0 aliphatic carbocycles. The van der Waals surface area contributed by atoms with Crippen LogP contribution in [0.5, 0.6) is 5.75 Å². The fourth-order valence-electron chi connectivity index (χ4n) is 1.48. The summed E-state index contributed by atoms with van der Waals surface area (Å²) in [6, 6.07) is 9.71. The first-order valence-electron chi connectivity index (χ1n) is 5.74. The highest BCUT2D eigenvalue weighted by Gasteiger charge is 2.00. The molecule has 0 atom stereocenters. The molecule has 0 aliphatic rings. The Kier molecular flexibility index (Phi) is 5.84. The molecule has 0 radical (unpaired) electrons. The normalized spacial score (nSPS) is 11.0. The third-order valence-electron chi connectivity index (χ3n) is 2.27. The van der Waals surface area contributed by atoms with Gasteiger partial charge in [-0.05, 0) is 19.5 Å². The van der Waals surface area contributed by atoms with Gasteiger partial charge >= 0.3 is 0 Å². The van der Waals surface area contributed by atoms with Crippen molar-refractivity contribution in [2.75, 3.05) is 19.7 Å². The van der Waals surface area contributed by atoms with Crippen LogP contribution in [-0.4, -0.2) is 19.7 Å². The quantitative estimate of drug-likeness (QED) is 0.817. The second kappa shape index (κ2) is 7.48. The molecule has 17 heavy (non-hydrogen) atoms. The average Bonchev–Trinajstić information content (AvgIpc) is 2.35. The standard InChI is InChI=1S/C14H18N2O/c1-3-16-11-12(2)10-13-6-4-5-7-14(13)17-9-8-15/h4-7,10,16H,3,9,11H2,1-2H3. The van der Waals surface area contributed by atoms with E-state index in [1.54, 1.807) is 0 Å². The van der Waals surface area contributed by atoms with E-state index in [1.165, 1.54) is 5.57 Å². The van der Waals surface area contributed by atoms with Crippen LogP contribution in [0.1, 0.15) is 19.4 Å². The monoisotopic (exact) mass is 230 g/mol. The molecule has 0 aromatic heterocycles. The van der Waals surface area contributed by atoms with Crippen molar-refractivity contribution >= 4 is 6.08 Å². The van der Waals surface area contributed by atoms with E-state index in [4.69, 9.17) is 10.00 Å². The lowest BCUT2D eigenvalue weighted by molar-refractivity contribution is 0.367. The SMILES string of the molecule is CCNCC(C)=Cc1ccccc1OCC#N. The van der Waals surface area contributed by atoms with Crippen LogP contribution in [0.25, 0.3) is 6.08 Å². The molecule has 0 amide bonds. The van der Waals surface area contributed by atoms with Gasteiger partial charge in [-0.1, -0.05) is 36.8 Å². The fraction of sp³-hybridized carbons (Fsp3) is 0.357. The Morgan fingerprint density at radius 3 is 2.94 bits per heavy atom. The Balaban J connectivity index is 2.78. The number of rotatable bonds is 6. The summed E-state index contributed by atoms with van der Waals surface area (Å²) >= 11 is 0. The molecule has 1 aromatic rings. The molecule has 0 saturated heterocycles. The molecule has 0 unspecified atom stereocenters. The smallest absolute Gasteiger partial charge is 0.174 e. The molecule has 0 aliphatic heterocycles. The summed E-state index contributed by atoms with van der Waals surface area (Å²) in [7, 11) is 0. The molecular formula is C14H18N2O. The number of para-hydroxylation sites is 1. The van der Waals surface area contributed by atoms with Gasteiger partial charge in [-0.25, -0.2) is 0 Å². The van der Waals surface area contributed by atoms with Gasteiger partial charge in [-0.15, -0.1) is 0 Å². The lowest BCUT2D eigenvalue weighted by Gasteiger charge is -2.07. The van der Waals surface area contributed by atoms with Crippen LogP contribution in [-0.2, 0) is 0 Å². The Morgan fingerprint density at radius 1 is 1.47 bits per heavy atom. The van der Waals surface area contributed by atoms with E-state index in [0.717, 1.165) is 24.4 Å². The van der Waals surface area contributed by atoms with Gasteiger partial charge in [0.1, 0.15) is 11.8 Å². The lowest BCUT2D eigenvalue weighted by Crippen LogP contribution is -2.14. The van der Waals surface area contributed by atoms with Crippen molar-refractivity contribution in [2.45, 2.75) is 13.8 Å². The Hall–Kier alpha value is -1.79. The van der Waals surface area contributed by atoms with Gasteiger partial charge < -0.3 is 10.1 Å². The van der Waals surface area contributed by atoms with Crippen molar-refractivity contribution in [3.05, 3.63) is 35.4 Å². The highest BCUT2D eigenvalue weighted by atomic mass is 16.5. The van der Waals surface area contributed by atoms with Crippen LogP contribution >= 0.6 is 0 Å². The molecule has 0 spiro atoms. The number of likely N-dealkylation sites (N-methyl/N-ethyl adjacent to an activating group) is 1. The summed E-state index contributed by atoms with van der Waals surface area (Å²) in [5, 5.41) is 11.8. The zero-order valence-electron chi connectivity index (χ0n) is 10.4. The molecule has 0 heterocycles. The van der Waals surface area contributed by atoms with Crippen LogP contribution in [0.15, 0.2) is 29.8 Å². The summed E-state index contributed by atoms with van der Waals surface area (Å²) in [6.45, 7) is 6.05. The topological polar surface area (TPSA) is 45.0 Å². The largest absolute Gasteiger partial charge is 0.478 e. The summed E-state index contributed by atoms with van der Waals surface area (Å²) in [6.07, 6.45) is 2.08. The number of nitrogens with one attached hydrogen (secondary N) is 1. The van der Waals surface area contributed by atoms with Crippen molar-refractivity contribution in [2.24, 2.45) is 0 Å². The molecular weight excluding hydrogens is 212 g/mol. The molecule has 1 rings (SSSR count). The summed E-state index contributed by atoms with van der Waals surface area (Å²) < 4.78 is 5.37. The van der Waals surface area contributed by atoms with Gasteiger partial charge in [-0.3, -0.25) is 0 Å². The number of hydrogen-bond acceptors (Lipinski definition) is 3. The summed E-state index contributed by atoms with van der Waals surface area (Å²) in [5.74, 6) is 0.755. The molecule has 0 saturated carbocycles. The molecule has 90 valence electrons. The van der Waals surface area contributed by atoms with Crippen molar-refractivity contribution < 1.29 is 4.74 Å². The summed E-state index contributed by atoms with van der Waals surface area (Å²) in [5.41, 5.74) is 2.25. The van der Waals surface area contributed by atoms with E-state index in [9.17, 15) is 0 Å². The third kappa shape index (κ3) is 4.71. The predicted molar refractivity (Wildman–Crippen MR) is 69.7 cm³/mol. The Labute approximate surface area is 103 Å². The highest BCUT2D eigenvalue weighted by Crippen LogP contribution is 2.20.